The smallest absolute Gasteiger partial charge is 0.186 e. The highest BCUT2D eigenvalue weighted by Crippen LogP contribution is 2.26. The molecule has 7 N–H and O–H groups in total. The van der Waals surface area contributed by atoms with Gasteiger partial charge in [0.15, 0.2) is 12.6 Å². The second-order valence-electron chi connectivity index (χ2n) is 15.9. The van der Waals surface area contributed by atoms with Crippen molar-refractivity contribution in [3.63, 3.8) is 0 Å². The summed E-state index contributed by atoms with van der Waals surface area (Å²) >= 11 is 0. The van der Waals surface area contributed by atoms with Gasteiger partial charge < -0.3 is 76.3 Å². The minimum Gasteiger partial charge on any atom is -1.00 e. The van der Waals surface area contributed by atoms with Gasteiger partial charge in [0.05, 0.1) is 40.5 Å². The second-order valence-corrected chi connectivity index (χ2v) is 15.9. The molecule has 2 saturated heterocycles. The second kappa shape index (κ2) is 29.1. The summed E-state index contributed by atoms with van der Waals surface area (Å²) in [4.78, 5) is 0. The maximum atomic E-state index is 10.7. The Labute approximate surface area is 326 Å². The topological polar surface area (TPSA) is 188 Å². The van der Waals surface area contributed by atoms with Gasteiger partial charge in [-0.3, -0.25) is 0 Å². The van der Waals surface area contributed by atoms with Crippen molar-refractivity contribution in [2.24, 2.45) is 0 Å². The van der Waals surface area contributed by atoms with Crippen molar-refractivity contribution in [2.75, 3.05) is 53.6 Å². The van der Waals surface area contributed by atoms with E-state index in [0.29, 0.717) is 17.6 Å². The Balaban J connectivity index is 0.0000140. The summed E-state index contributed by atoms with van der Waals surface area (Å²) in [5.74, 6) is 0. The lowest BCUT2D eigenvalue weighted by molar-refractivity contribution is -0.893. The largest absolute Gasteiger partial charge is 1.00 e. The zero-order chi connectivity index (χ0) is 38.4. The van der Waals surface area contributed by atoms with Crippen LogP contribution in [0.3, 0.4) is 0 Å². The molecule has 1 unspecified atom stereocenters. The molecule has 0 aromatic heterocycles. The first-order chi connectivity index (χ1) is 24.9. The SMILES string of the molecule is CCCCCCCCCCCCCC[N+](C)(C)CC(O)COC[C@H]1O[C@H](OC[C@H]2O[C@@H](OCCCCCCCC)[C@H](O)[C@@H](O)[C@@H]2O)[C@H](O)[C@@H](O)[C@@H]1O.[Cl-]. The highest BCUT2D eigenvalue weighted by molar-refractivity contribution is 4.91. The molecule has 2 aliphatic rings. The van der Waals surface area contributed by atoms with Gasteiger partial charge in [-0.2, -0.15) is 0 Å². The molecular formula is C39H78ClNO12. The predicted molar refractivity (Wildman–Crippen MR) is 198 cm³/mol. The van der Waals surface area contributed by atoms with Crippen molar-refractivity contribution in [3.05, 3.63) is 0 Å². The number of unbranched alkanes of at least 4 members (excludes halogenated alkanes) is 16. The molecule has 2 fully saturated rings. The summed E-state index contributed by atoms with van der Waals surface area (Å²) in [5, 5.41) is 73.7. The zero-order valence-corrected chi connectivity index (χ0v) is 34.1. The van der Waals surface area contributed by atoms with Crippen LogP contribution in [0.1, 0.15) is 129 Å². The molecule has 0 aromatic carbocycles. The molecule has 0 bridgehead atoms. The van der Waals surface area contributed by atoms with Crippen LogP contribution in [0.2, 0.25) is 0 Å². The van der Waals surface area contributed by atoms with Crippen LogP contribution >= 0.6 is 0 Å². The molecule has 11 atom stereocenters. The summed E-state index contributed by atoms with van der Waals surface area (Å²) in [7, 11) is 4.18. The van der Waals surface area contributed by atoms with Crippen LogP contribution in [0.25, 0.3) is 0 Å². The number of halogens is 1. The van der Waals surface area contributed by atoms with E-state index in [1.54, 1.807) is 0 Å². The fraction of sp³-hybridized carbons (Fsp3) is 1.00. The Kier molecular flexibility index (Phi) is 27.8. The van der Waals surface area contributed by atoms with Crippen LogP contribution in [0, 0.1) is 0 Å². The highest BCUT2D eigenvalue weighted by atomic mass is 35.5. The van der Waals surface area contributed by atoms with Gasteiger partial charge in [0.2, 0.25) is 0 Å². The van der Waals surface area contributed by atoms with E-state index >= 15 is 0 Å². The summed E-state index contributed by atoms with van der Waals surface area (Å²) in [5.41, 5.74) is 0. The van der Waals surface area contributed by atoms with E-state index in [-0.39, 0.29) is 32.2 Å². The van der Waals surface area contributed by atoms with E-state index in [1.807, 2.05) is 0 Å². The van der Waals surface area contributed by atoms with E-state index in [9.17, 15) is 35.7 Å². The molecule has 53 heavy (non-hydrogen) atoms. The number of aliphatic hydroxyl groups is 7. The summed E-state index contributed by atoms with van der Waals surface area (Å²) in [6.45, 7) is 5.61. The predicted octanol–water partition coefficient (Wildman–Crippen LogP) is 0.154. The van der Waals surface area contributed by atoms with Gasteiger partial charge in [-0.25, -0.2) is 0 Å². The third-order valence-electron chi connectivity index (χ3n) is 10.5. The summed E-state index contributed by atoms with van der Waals surface area (Å²) in [6, 6.07) is 0. The molecule has 318 valence electrons. The molecule has 0 saturated carbocycles. The van der Waals surface area contributed by atoms with Gasteiger partial charge in [0.25, 0.3) is 0 Å². The third-order valence-corrected chi connectivity index (χ3v) is 10.5. The van der Waals surface area contributed by atoms with Crippen LogP contribution in [0.5, 0.6) is 0 Å². The Bertz CT molecular complexity index is 878. The molecule has 0 radical (unpaired) electrons. The summed E-state index contributed by atoms with van der Waals surface area (Å²) in [6.07, 6.45) is 7.06. The molecule has 0 aromatic rings. The molecule has 14 heteroatoms. The Morgan fingerprint density at radius 3 is 1.43 bits per heavy atom. The molecular weight excluding hydrogens is 710 g/mol. The zero-order valence-electron chi connectivity index (χ0n) is 33.3. The van der Waals surface area contributed by atoms with Crippen LogP contribution in [-0.4, -0.2) is 161 Å². The van der Waals surface area contributed by atoms with E-state index in [4.69, 9.17) is 23.7 Å². The minimum atomic E-state index is -1.62. The van der Waals surface area contributed by atoms with Gasteiger partial charge in [0, 0.05) is 6.61 Å². The highest BCUT2D eigenvalue weighted by Gasteiger charge is 2.47. The Morgan fingerprint density at radius 2 is 0.943 bits per heavy atom. The number of likely N-dealkylation sites (N-methyl/N-ethyl adjacent to an activating group) is 1. The van der Waals surface area contributed by atoms with Crippen molar-refractivity contribution >= 4 is 0 Å². The Hall–Kier alpha value is -0.230. The van der Waals surface area contributed by atoms with Crippen molar-refractivity contribution in [1.82, 2.24) is 0 Å². The number of rotatable bonds is 30. The molecule has 2 heterocycles. The molecule has 0 amide bonds. The van der Waals surface area contributed by atoms with Crippen LogP contribution in [-0.2, 0) is 23.7 Å². The lowest BCUT2D eigenvalue weighted by Gasteiger charge is -2.43. The van der Waals surface area contributed by atoms with Gasteiger partial charge in [0.1, 0.15) is 61.5 Å². The fourth-order valence-corrected chi connectivity index (χ4v) is 7.07. The lowest BCUT2D eigenvalue weighted by Crippen LogP contribution is -3.00. The van der Waals surface area contributed by atoms with E-state index in [0.717, 1.165) is 45.1 Å². The normalized spacial score (nSPS) is 29.9. The number of quaternary nitrogens is 1. The van der Waals surface area contributed by atoms with Gasteiger partial charge >= 0.3 is 0 Å². The fourth-order valence-electron chi connectivity index (χ4n) is 7.07. The first-order valence-electron chi connectivity index (χ1n) is 20.6. The number of hydrogen-bond acceptors (Lipinski definition) is 12. The minimum absolute atomic E-state index is 0. The molecule has 0 aliphatic carbocycles. The molecule has 0 spiro atoms. The van der Waals surface area contributed by atoms with Gasteiger partial charge in [-0.15, -0.1) is 0 Å². The Morgan fingerprint density at radius 1 is 0.528 bits per heavy atom. The first kappa shape index (κ1) is 50.8. The van der Waals surface area contributed by atoms with Gasteiger partial charge in [-0.05, 0) is 19.3 Å². The number of ether oxygens (including phenoxy) is 5. The number of hydrogen-bond donors (Lipinski definition) is 7. The quantitative estimate of drug-likeness (QED) is 0.0387. The lowest BCUT2D eigenvalue weighted by atomic mass is 9.98. The molecule has 2 rings (SSSR count). The van der Waals surface area contributed by atoms with Crippen LogP contribution < -0.4 is 12.4 Å². The standard InChI is InChI=1S/C39H78NO12.ClH/c1-5-7-9-11-13-14-15-16-17-18-19-21-23-40(3,4)25-29(41)26-48-27-30-32(42)34(44)37(47)39(51-30)50-28-31-33(43)35(45)36(46)38(52-31)49-24-22-20-12-10-8-6-2;/h29-39,41-47H,5-28H2,1-4H3;1H/q+1;/p-1/t29?,30-,31-,32-,33-,34+,35+,36-,37-,38-,39+;/m1./s1. The van der Waals surface area contributed by atoms with E-state index in [1.165, 1.54) is 77.0 Å². The van der Waals surface area contributed by atoms with Crippen molar-refractivity contribution < 1.29 is 76.3 Å². The number of aliphatic hydroxyl groups excluding tert-OH is 7. The average Bonchev–Trinajstić information content (AvgIpc) is 3.11. The summed E-state index contributed by atoms with van der Waals surface area (Å²) < 4.78 is 29.1. The maximum absolute atomic E-state index is 10.7. The van der Waals surface area contributed by atoms with Crippen molar-refractivity contribution in [2.45, 2.75) is 197 Å². The van der Waals surface area contributed by atoms with Gasteiger partial charge in [-0.1, -0.05) is 110 Å². The number of nitrogens with zero attached hydrogens (tertiary/aromatic N) is 1. The molecule has 13 nitrogen and oxygen atoms in total. The van der Waals surface area contributed by atoms with Crippen LogP contribution in [0.15, 0.2) is 0 Å². The van der Waals surface area contributed by atoms with Crippen molar-refractivity contribution in [1.29, 1.82) is 0 Å². The van der Waals surface area contributed by atoms with E-state index < -0.39 is 67.5 Å². The van der Waals surface area contributed by atoms with Crippen LogP contribution in [0.4, 0.5) is 0 Å². The average molecular weight is 789 g/mol. The first-order valence-corrected chi connectivity index (χ1v) is 20.6. The molecule has 2 aliphatic heterocycles. The third kappa shape index (κ3) is 20.2. The maximum Gasteiger partial charge on any atom is 0.186 e. The monoisotopic (exact) mass is 788 g/mol. The van der Waals surface area contributed by atoms with E-state index in [2.05, 4.69) is 27.9 Å². The van der Waals surface area contributed by atoms with Crippen molar-refractivity contribution in [3.8, 4) is 0 Å².